The van der Waals surface area contributed by atoms with Crippen molar-refractivity contribution in [1.82, 2.24) is 15.5 Å². The van der Waals surface area contributed by atoms with Crippen LogP contribution in [0.4, 0.5) is 0 Å². The number of nitrogens with zero attached hydrogens (tertiary/aromatic N) is 1. The number of hydrogen-bond acceptors (Lipinski definition) is 5. The molecule has 0 heterocycles. The van der Waals surface area contributed by atoms with Crippen LogP contribution >= 0.6 is 0 Å². The summed E-state index contributed by atoms with van der Waals surface area (Å²) in [7, 11) is 1.60. The highest BCUT2D eigenvalue weighted by atomic mass is 16.5. The number of amides is 2. The van der Waals surface area contributed by atoms with E-state index < -0.39 is 0 Å². The third-order valence-corrected chi connectivity index (χ3v) is 2.44. The first-order valence-corrected chi connectivity index (χ1v) is 6.33. The van der Waals surface area contributed by atoms with E-state index in [2.05, 4.69) is 10.6 Å². The van der Waals surface area contributed by atoms with Gasteiger partial charge in [-0.15, -0.1) is 0 Å². The topological polar surface area (TPSA) is 87.7 Å². The first kappa shape index (κ1) is 17.5. The average Bonchev–Trinajstić information content (AvgIpc) is 2.39. The summed E-state index contributed by atoms with van der Waals surface area (Å²) < 4.78 is 5.03. The van der Waals surface area contributed by atoms with Crippen LogP contribution in [0.2, 0.25) is 0 Å². The van der Waals surface area contributed by atoms with Gasteiger partial charge < -0.3 is 20.2 Å². The summed E-state index contributed by atoms with van der Waals surface area (Å²) in [6.07, 6.45) is 2.84. The number of methoxy groups -OCH3 is 1. The fourth-order valence-electron chi connectivity index (χ4n) is 1.49. The zero-order valence-corrected chi connectivity index (χ0v) is 11.4. The summed E-state index contributed by atoms with van der Waals surface area (Å²) in [6.45, 7) is 2.81. The Morgan fingerprint density at radius 2 is 2.00 bits per heavy atom. The van der Waals surface area contributed by atoms with Crippen molar-refractivity contribution in [3.05, 3.63) is 0 Å². The summed E-state index contributed by atoms with van der Waals surface area (Å²) >= 11 is 0. The first-order valence-electron chi connectivity index (χ1n) is 6.33. The van der Waals surface area contributed by atoms with Gasteiger partial charge >= 0.3 is 0 Å². The molecular weight excluding hydrogens is 250 g/mol. The average molecular weight is 273 g/mol. The Morgan fingerprint density at radius 3 is 2.63 bits per heavy atom. The van der Waals surface area contributed by atoms with E-state index in [4.69, 9.17) is 4.74 Å². The molecule has 0 aromatic heterocycles. The van der Waals surface area contributed by atoms with E-state index >= 15 is 0 Å². The molecule has 0 spiro atoms. The second-order valence-corrected chi connectivity index (χ2v) is 4.02. The Balaban J connectivity index is 3.68. The Bertz CT molecular complexity index is 261. The molecule has 0 saturated carbocycles. The molecule has 0 aromatic rings. The minimum absolute atomic E-state index is 0.0507. The summed E-state index contributed by atoms with van der Waals surface area (Å²) in [5.74, 6) is -0.0507. The highest BCUT2D eigenvalue weighted by Gasteiger charge is 2.05. The maximum Gasteiger partial charge on any atom is 0.220 e. The fraction of sp³-hybridized carbons (Fsp3) is 0.750. The molecule has 0 aliphatic carbocycles. The van der Waals surface area contributed by atoms with Gasteiger partial charge in [-0.2, -0.15) is 0 Å². The zero-order chi connectivity index (χ0) is 14.3. The van der Waals surface area contributed by atoms with Crippen molar-refractivity contribution in [2.24, 2.45) is 0 Å². The van der Waals surface area contributed by atoms with Gasteiger partial charge in [0.25, 0.3) is 0 Å². The van der Waals surface area contributed by atoms with Gasteiger partial charge in [-0.05, 0) is 6.42 Å². The van der Waals surface area contributed by atoms with Crippen molar-refractivity contribution in [3.8, 4) is 0 Å². The lowest BCUT2D eigenvalue weighted by molar-refractivity contribution is -0.121. The molecule has 0 aliphatic rings. The van der Waals surface area contributed by atoms with Crippen LogP contribution in [0.3, 0.4) is 0 Å². The predicted octanol–water partition coefficient (Wildman–Crippen LogP) is -0.876. The lowest BCUT2D eigenvalue weighted by Crippen LogP contribution is -2.39. The number of ether oxygens (including phenoxy) is 1. The van der Waals surface area contributed by atoms with Gasteiger partial charge in [0.05, 0.1) is 6.73 Å². The number of nitrogens with one attached hydrogen (secondary N) is 2. The quantitative estimate of drug-likeness (QED) is 0.258. The molecule has 0 fully saturated rings. The largest absolute Gasteiger partial charge is 0.369 e. The normalized spacial score (nSPS) is 10.2. The smallest absolute Gasteiger partial charge is 0.220 e. The van der Waals surface area contributed by atoms with Gasteiger partial charge in [-0.25, -0.2) is 0 Å². The standard InChI is InChI=1S/C12H23N3O4/c1-19-11-15(7-5-13-10-17)8-6-14-12(18)4-2-3-9-16/h9-10H,2-8,11H2,1H3,(H,13,17)(H,14,18). The molecule has 7 nitrogen and oxygen atoms in total. The number of aldehydes is 1. The minimum Gasteiger partial charge on any atom is -0.369 e. The van der Waals surface area contributed by atoms with Crippen molar-refractivity contribution in [3.63, 3.8) is 0 Å². The van der Waals surface area contributed by atoms with E-state index in [-0.39, 0.29) is 5.91 Å². The molecule has 0 radical (unpaired) electrons. The molecule has 2 N–H and O–H groups in total. The van der Waals surface area contributed by atoms with Gasteiger partial charge in [0.15, 0.2) is 0 Å². The summed E-state index contributed by atoms with van der Waals surface area (Å²) in [5.41, 5.74) is 0. The van der Waals surface area contributed by atoms with Crippen LogP contribution in [0, 0.1) is 0 Å². The number of unbranched alkanes of at least 4 members (excludes halogenated alkanes) is 1. The van der Waals surface area contributed by atoms with Crippen molar-refractivity contribution in [2.45, 2.75) is 19.3 Å². The summed E-state index contributed by atoms with van der Waals surface area (Å²) in [5, 5.41) is 5.35. The molecule has 110 valence electrons. The van der Waals surface area contributed by atoms with Gasteiger partial charge in [0, 0.05) is 46.1 Å². The molecule has 0 aromatic carbocycles. The third-order valence-electron chi connectivity index (χ3n) is 2.44. The molecule has 19 heavy (non-hydrogen) atoms. The van der Waals surface area contributed by atoms with E-state index in [1.165, 1.54) is 0 Å². The van der Waals surface area contributed by atoms with Gasteiger partial charge in [-0.3, -0.25) is 14.5 Å². The maximum atomic E-state index is 11.4. The molecule has 0 rings (SSSR count). The van der Waals surface area contributed by atoms with Crippen LogP contribution < -0.4 is 10.6 Å². The fourth-order valence-corrected chi connectivity index (χ4v) is 1.49. The van der Waals surface area contributed by atoms with E-state index in [1.54, 1.807) is 7.11 Å². The molecule has 0 aliphatic heterocycles. The number of carbonyl (C=O) groups excluding carboxylic acids is 3. The Labute approximate surface area is 113 Å². The molecular formula is C12H23N3O4. The molecule has 0 bridgehead atoms. The highest BCUT2D eigenvalue weighted by molar-refractivity contribution is 5.76. The van der Waals surface area contributed by atoms with Gasteiger partial charge in [0.2, 0.25) is 12.3 Å². The summed E-state index contributed by atoms with van der Waals surface area (Å²) in [4.78, 5) is 33.6. The third kappa shape index (κ3) is 11.4. The van der Waals surface area contributed by atoms with Crippen LogP contribution in [0.15, 0.2) is 0 Å². The lowest BCUT2D eigenvalue weighted by atomic mass is 10.2. The second-order valence-electron chi connectivity index (χ2n) is 4.02. The molecule has 0 atom stereocenters. The zero-order valence-electron chi connectivity index (χ0n) is 11.4. The number of rotatable bonds is 13. The highest BCUT2D eigenvalue weighted by Crippen LogP contribution is 1.92. The SMILES string of the molecule is COCN(CCNC=O)CCNC(=O)CCCC=O. The van der Waals surface area contributed by atoms with Crippen LogP contribution in [0.25, 0.3) is 0 Å². The second kappa shape index (κ2) is 13.0. The van der Waals surface area contributed by atoms with Crippen LogP contribution in [0.1, 0.15) is 19.3 Å². The molecule has 2 amide bonds. The molecule has 0 unspecified atom stereocenters. The Morgan fingerprint density at radius 1 is 1.26 bits per heavy atom. The first-order chi connectivity index (χ1) is 9.24. The van der Waals surface area contributed by atoms with E-state index in [1.807, 2.05) is 4.90 Å². The van der Waals surface area contributed by atoms with Crippen molar-refractivity contribution >= 4 is 18.6 Å². The van der Waals surface area contributed by atoms with Crippen LogP contribution in [0.5, 0.6) is 0 Å². The molecule has 0 saturated heterocycles. The van der Waals surface area contributed by atoms with E-state index in [0.29, 0.717) is 58.6 Å². The van der Waals surface area contributed by atoms with Crippen LogP contribution in [-0.4, -0.2) is 63.5 Å². The van der Waals surface area contributed by atoms with Gasteiger partial charge in [-0.1, -0.05) is 0 Å². The van der Waals surface area contributed by atoms with Crippen molar-refractivity contribution < 1.29 is 19.1 Å². The van der Waals surface area contributed by atoms with Crippen molar-refractivity contribution in [1.29, 1.82) is 0 Å². The van der Waals surface area contributed by atoms with E-state index in [9.17, 15) is 14.4 Å². The predicted molar refractivity (Wildman–Crippen MR) is 70.4 cm³/mol. The Hall–Kier alpha value is -1.47. The Kier molecular flexibility index (Phi) is 12.0. The monoisotopic (exact) mass is 273 g/mol. The van der Waals surface area contributed by atoms with Crippen molar-refractivity contribution in [2.75, 3.05) is 40.0 Å². The maximum absolute atomic E-state index is 11.4. The van der Waals surface area contributed by atoms with E-state index in [0.717, 1.165) is 6.29 Å². The minimum atomic E-state index is -0.0507. The number of carbonyl (C=O) groups is 3. The number of hydrogen-bond donors (Lipinski definition) is 2. The summed E-state index contributed by atoms with van der Waals surface area (Å²) in [6, 6.07) is 0. The van der Waals surface area contributed by atoms with Crippen LogP contribution in [-0.2, 0) is 19.1 Å². The lowest BCUT2D eigenvalue weighted by Gasteiger charge is -2.21. The molecule has 7 heteroatoms. The van der Waals surface area contributed by atoms with Gasteiger partial charge in [0.1, 0.15) is 6.29 Å².